The Morgan fingerprint density at radius 2 is 1.44 bits per heavy atom. The molecule has 0 unspecified atom stereocenters. The molecule has 0 saturated heterocycles. The lowest BCUT2D eigenvalue weighted by atomic mass is 10.2. The summed E-state index contributed by atoms with van der Waals surface area (Å²) in [6.07, 6.45) is 8.15. The second-order valence-corrected chi connectivity index (χ2v) is 3.05. The van der Waals surface area contributed by atoms with Crippen LogP contribution in [0.4, 0.5) is 0 Å². The minimum absolute atomic E-state index is 1.21. The summed E-state index contributed by atoms with van der Waals surface area (Å²) in [5.41, 5.74) is 1.21. The summed E-state index contributed by atoms with van der Waals surface area (Å²) in [4.78, 5) is 0. The van der Waals surface area contributed by atoms with Gasteiger partial charge in [-0.1, -0.05) is 36.4 Å². The van der Waals surface area contributed by atoms with Crippen LogP contribution in [0.25, 0.3) is 12.3 Å². The number of hydrogen-bond donors (Lipinski definition) is 0. The molecule has 1 heterocycles. The molecular formula is C14H12N2. The fourth-order valence-corrected chi connectivity index (χ4v) is 1.25. The Balaban J connectivity index is 0.000000606. The number of pyridine rings is 1. The standard InChI is InChI=1S/C13H12N.CN/c1-3-7-13(8-4-1)9-12-14-10-5-2-6-11-14;1-2/h1-12H;/q+1;-1/b12-9+;. The molecule has 1 aromatic carbocycles. The first-order valence-electron chi connectivity index (χ1n) is 4.86. The van der Waals surface area contributed by atoms with Crippen molar-refractivity contribution < 1.29 is 4.57 Å². The van der Waals surface area contributed by atoms with E-state index in [9.17, 15) is 0 Å². The van der Waals surface area contributed by atoms with Crippen LogP contribution in [0.1, 0.15) is 5.56 Å². The van der Waals surface area contributed by atoms with E-state index < -0.39 is 0 Å². The summed E-state index contributed by atoms with van der Waals surface area (Å²) in [6.45, 7) is 4.75. The van der Waals surface area contributed by atoms with E-state index in [1.165, 1.54) is 5.56 Å². The van der Waals surface area contributed by atoms with Crippen molar-refractivity contribution in [2.45, 2.75) is 0 Å². The predicted octanol–water partition coefficient (Wildman–Crippen LogP) is 2.70. The molecule has 0 N–H and O–H groups in total. The number of nitrogens with zero attached hydrogens (tertiary/aromatic N) is 2. The molecule has 0 fully saturated rings. The summed E-state index contributed by atoms with van der Waals surface area (Å²) in [6, 6.07) is 16.3. The highest BCUT2D eigenvalue weighted by atomic mass is 14.9. The van der Waals surface area contributed by atoms with Crippen LogP contribution >= 0.6 is 0 Å². The summed E-state index contributed by atoms with van der Waals surface area (Å²) in [5.74, 6) is 0. The minimum Gasteiger partial charge on any atom is -0.512 e. The summed E-state index contributed by atoms with van der Waals surface area (Å²) in [5, 5.41) is 6.25. The van der Waals surface area contributed by atoms with Gasteiger partial charge in [0.25, 0.3) is 0 Å². The first-order valence-corrected chi connectivity index (χ1v) is 4.86. The molecule has 2 nitrogen and oxygen atoms in total. The van der Waals surface area contributed by atoms with Gasteiger partial charge < -0.3 is 11.8 Å². The van der Waals surface area contributed by atoms with E-state index in [2.05, 4.69) is 18.2 Å². The number of hydrogen-bond acceptors (Lipinski definition) is 1. The Labute approximate surface area is 95.7 Å². The van der Waals surface area contributed by atoms with Crippen molar-refractivity contribution >= 4 is 12.3 Å². The van der Waals surface area contributed by atoms with E-state index in [4.69, 9.17) is 11.8 Å². The fourth-order valence-electron chi connectivity index (χ4n) is 1.25. The van der Waals surface area contributed by atoms with Crippen molar-refractivity contribution in [2.75, 3.05) is 0 Å². The van der Waals surface area contributed by atoms with Gasteiger partial charge in [0.2, 0.25) is 0 Å². The molecule has 0 saturated carbocycles. The smallest absolute Gasteiger partial charge is 0.175 e. The highest BCUT2D eigenvalue weighted by Crippen LogP contribution is 1.99. The molecule has 2 rings (SSSR count). The zero-order chi connectivity index (χ0) is 11.6. The van der Waals surface area contributed by atoms with Crippen molar-refractivity contribution in [2.24, 2.45) is 0 Å². The van der Waals surface area contributed by atoms with Crippen molar-refractivity contribution in [3.8, 4) is 0 Å². The van der Waals surface area contributed by atoms with Gasteiger partial charge in [0.15, 0.2) is 18.6 Å². The molecule has 2 aromatic rings. The quantitative estimate of drug-likeness (QED) is 0.550. The van der Waals surface area contributed by atoms with E-state index in [-0.39, 0.29) is 0 Å². The van der Waals surface area contributed by atoms with Crippen LogP contribution in [0.15, 0.2) is 60.9 Å². The van der Waals surface area contributed by atoms with Crippen molar-refractivity contribution in [1.82, 2.24) is 0 Å². The van der Waals surface area contributed by atoms with Crippen LogP contribution in [-0.2, 0) is 0 Å². The SMILES string of the molecule is C(=C\[n+]1ccccc1)/c1ccccc1.[C-]#N. The van der Waals surface area contributed by atoms with Gasteiger partial charge in [-0.2, -0.15) is 4.57 Å². The Kier molecular flexibility index (Phi) is 5.08. The van der Waals surface area contributed by atoms with Gasteiger partial charge in [0.05, 0.1) is 0 Å². The monoisotopic (exact) mass is 208 g/mol. The summed E-state index contributed by atoms with van der Waals surface area (Å²) >= 11 is 0. The Morgan fingerprint density at radius 3 is 2.06 bits per heavy atom. The van der Waals surface area contributed by atoms with Crippen LogP contribution in [0.3, 0.4) is 0 Å². The van der Waals surface area contributed by atoms with Gasteiger partial charge in [0.1, 0.15) is 0 Å². The molecule has 0 amide bonds. The van der Waals surface area contributed by atoms with E-state index in [1.807, 2.05) is 59.6 Å². The molecule has 16 heavy (non-hydrogen) atoms. The van der Waals surface area contributed by atoms with Crippen molar-refractivity contribution in [3.63, 3.8) is 0 Å². The molecular weight excluding hydrogens is 196 g/mol. The first kappa shape index (κ1) is 11.7. The normalized spacial score (nSPS) is 9.38. The molecule has 0 aliphatic heterocycles. The molecule has 0 radical (unpaired) electrons. The van der Waals surface area contributed by atoms with Gasteiger partial charge in [0, 0.05) is 18.2 Å². The Hall–Kier alpha value is -2.40. The molecule has 0 bridgehead atoms. The maximum Gasteiger partial charge on any atom is 0.175 e. The summed E-state index contributed by atoms with van der Waals surface area (Å²) in [7, 11) is 0. The lowest BCUT2D eigenvalue weighted by Crippen LogP contribution is -2.23. The topological polar surface area (TPSA) is 27.7 Å². The third-order valence-electron chi connectivity index (χ3n) is 1.98. The fraction of sp³-hybridized carbons (Fsp3) is 0. The third kappa shape index (κ3) is 3.77. The van der Waals surface area contributed by atoms with Crippen LogP contribution < -0.4 is 4.57 Å². The van der Waals surface area contributed by atoms with Gasteiger partial charge in [-0.15, -0.1) is 0 Å². The van der Waals surface area contributed by atoms with Crippen LogP contribution in [0.2, 0.25) is 0 Å². The average molecular weight is 208 g/mol. The van der Waals surface area contributed by atoms with Crippen LogP contribution in [0.5, 0.6) is 0 Å². The predicted molar refractivity (Wildman–Crippen MR) is 63.3 cm³/mol. The van der Waals surface area contributed by atoms with Crippen molar-refractivity contribution in [3.05, 3.63) is 73.1 Å². The molecule has 0 aliphatic rings. The van der Waals surface area contributed by atoms with E-state index >= 15 is 0 Å². The number of aromatic nitrogens is 1. The second-order valence-electron chi connectivity index (χ2n) is 3.05. The number of rotatable bonds is 2. The Morgan fingerprint density at radius 1 is 0.875 bits per heavy atom. The van der Waals surface area contributed by atoms with Gasteiger partial charge >= 0.3 is 0 Å². The van der Waals surface area contributed by atoms with E-state index in [1.54, 1.807) is 0 Å². The lowest BCUT2D eigenvalue weighted by Gasteiger charge is -1.88. The molecule has 0 atom stereocenters. The van der Waals surface area contributed by atoms with E-state index in [0.717, 1.165) is 0 Å². The number of benzene rings is 1. The molecule has 1 aromatic heterocycles. The zero-order valence-electron chi connectivity index (χ0n) is 8.82. The minimum atomic E-state index is 1.21. The van der Waals surface area contributed by atoms with Gasteiger partial charge in [-0.25, -0.2) is 0 Å². The van der Waals surface area contributed by atoms with Crippen molar-refractivity contribution in [1.29, 1.82) is 5.26 Å². The molecule has 0 aliphatic carbocycles. The van der Waals surface area contributed by atoms with Crippen LogP contribution in [0, 0.1) is 11.8 Å². The Bertz CT molecular complexity index is 402. The highest BCUT2D eigenvalue weighted by molar-refractivity contribution is 5.56. The largest absolute Gasteiger partial charge is 0.512 e. The third-order valence-corrected chi connectivity index (χ3v) is 1.98. The van der Waals surface area contributed by atoms with E-state index in [0.29, 0.717) is 0 Å². The van der Waals surface area contributed by atoms with Gasteiger partial charge in [-0.05, 0) is 5.56 Å². The first-order chi connectivity index (χ1) is 7.95. The molecule has 78 valence electrons. The molecule has 2 heteroatoms. The van der Waals surface area contributed by atoms with Crippen LogP contribution in [-0.4, -0.2) is 0 Å². The summed E-state index contributed by atoms with van der Waals surface area (Å²) < 4.78 is 2.02. The molecule has 0 spiro atoms. The lowest BCUT2D eigenvalue weighted by molar-refractivity contribution is -0.567. The van der Waals surface area contributed by atoms with Gasteiger partial charge in [-0.3, -0.25) is 0 Å². The maximum atomic E-state index is 6.25. The highest BCUT2D eigenvalue weighted by Gasteiger charge is 1.89. The average Bonchev–Trinajstić information content (AvgIpc) is 2.41. The second kappa shape index (κ2) is 6.97. The zero-order valence-corrected chi connectivity index (χ0v) is 8.82. The maximum absolute atomic E-state index is 6.25.